The van der Waals surface area contributed by atoms with Gasteiger partial charge in [0.1, 0.15) is 12.3 Å². The van der Waals surface area contributed by atoms with Gasteiger partial charge in [0, 0.05) is 25.8 Å². The summed E-state index contributed by atoms with van der Waals surface area (Å²) in [6.07, 6.45) is 23.4. The summed E-state index contributed by atoms with van der Waals surface area (Å²) in [6.45, 7) is 4.00. The first-order chi connectivity index (χ1) is 20.3. The number of carboxylic acid groups (broad SMARTS) is 1. The molecule has 0 aromatic carbocycles. The maximum absolute atomic E-state index is 12.2. The lowest BCUT2D eigenvalue weighted by atomic mass is 10.0. The average Bonchev–Trinajstić information content (AvgIpc) is 2.96. The van der Waals surface area contributed by atoms with E-state index in [2.05, 4.69) is 22.5 Å². The van der Waals surface area contributed by atoms with Crippen LogP contribution in [0.15, 0.2) is 12.3 Å². The van der Waals surface area contributed by atoms with E-state index in [0.717, 1.165) is 51.2 Å². The van der Waals surface area contributed by atoms with Crippen molar-refractivity contribution < 1.29 is 29.4 Å². The third-order valence-corrected chi connectivity index (χ3v) is 7.71. The highest BCUT2D eigenvalue weighted by Crippen LogP contribution is 2.15. The lowest BCUT2D eigenvalue weighted by molar-refractivity contribution is -0.142. The molecule has 0 radical (unpaired) electrons. The molecule has 0 rings (SSSR count). The Hall–Kier alpha value is -2.42. The molecule has 0 spiro atoms. The minimum atomic E-state index is -1.12. The molecule has 42 heavy (non-hydrogen) atoms. The van der Waals surface area contributed by atoms with Crippen molar-refractivity contribution in [3.05, 3.63) is 12.3 Å². The van der Waals surface area contributed by atoms with Gasteiger partial charge >= 0.3 is 5.97 Å². The van der Waals surface area contributed by atoms with Crippen molar-refractivity contribution in [2.75, 3.05) is 13.6 Å². The molecule has 5 N–H and O–H groups in total. The third kappa shape index (κ3) is 26.5. The van der Waals surface area contributed by atoms with E-state index in [-0.39, 0.29) is 30.7 Å². The summed E-state index contributed by atoms with van der Waals surface area (Å²) in [5, 5.41) is 26.7. The number of unbranched alkanes of at least 4 members (excludes halogenated alkanes) is 16. The summed E-state index contributed by atoms with van der Waals surface area (Å²) in [7, 11) is 1.73. The van der Waals surface area contributed by atoms with Crippen LogP contribution in [0.5, 0.6) is 0 Å². The number of amides is 2. The molecule has 0 saturated heterocycles. The smallest absolute Gasteiger partial charge is 0.326 e. The van der Waals surface area contributed by atoms with E-state index in [9.17, 15) is 24.3 Å². The van der Waals surface area contributed by atoms with E-state index >= 15 is 0 Å². The minimum absolute atomic E-state index is 0.0365. The Morgan fingerprint density at radius 2 is 1.12 bits per heavy atom. The van der Waals surface area contributed by atoms with Crippen LogP contribution < -0.4 is 16.0 Å². The molecule has 0 aliphatic carbocycles. The van der Waals surface area contributed by atoms with Gasteiger partial charge in [-0.2, -0.15) is 0 Å². The van der Waals surface area contributed by atoms with Crippen molar-refractivity contribution in [2.45, 2.75) is 160 Å². The normalized spacial score (nSPS) is 12.4. The Balaban J connectivity index is 3.65. The molecule has 0 saturated carbocycles. The van der Waals surface area contributed by atoms with E-state index < -0.39 is 12.0 Å². The number of carbonyl (C=O) groups excluding carboxylic acids is 3. The number of nitrogens with one attached hydrogen (secondary N) is 3. The first kappa shape index (κ1) is 39.6. The van der Waals surface area contributed by atoms with Gasteiger partial charge in [0.15, 0.2) is 0 Å². The molecule has 2 amide bonds. The third-order valence-electron chi connectivity index (χ3n) is 7.71. The van der Waals surface area contributed by atoms with E-state index in [4.69, 9.17) is 5.11 Å². The molecular formula is C33H61N3O6. The zero-order chi connectivity index (χ0) is 31.3. The summed E-state index contributed by atoms with van der Waals surface area (Å²) in [4.78, 5) is 46.6. The molecule has 1 unspecified atom stereocenters. The van der Waals surface area contributed by atoms with Crippen molar-refractivity contribution in [3.8, 4) is 0 Å². The number of rotatable bonds is 31. The van der Waals surface area contributed by atoms with Crippen LogP contribution in [0.4, 0.5) is 0 Å². The van der Waals surface area contributed by atoms with Crippen molar-refractivity contribution in [1.82, 2.24) is 16.0 Å². The van der Waals surface area contributed by atoms with E-state index in [1.54, 1.807) is 7.05 Å². The van der Waals surface area contributed by atoms with Gasteiger partial charge in [-0.05, 0) is 45.6 Å². The highest BCUT2D eigenvalue weighted by molar-refractivity contribution is 5.84. The van der Waals surface area contributed by atoms with Gasteiger partial charge in [0.25, 0.3) is 0 Å². The van der Waals surface area contributed by atoms with Crippen molar-refractivity contribution in [1.29, 1.82) is 0 Å². The van der Waals surface area contributed by atoms with Crippen LogP contribution in [0, 0.1) is 0 Å². The summed E-state index contributed by atoms with van der Waals surface area (Å²) in [5.74, 6) is -1.33. The fourth-order valence-corrected chi connectivity index (χ4v) is 4.97. The zero-order valence-electron chi connectivity index (χ0n) is 26.4. The summed E-state index contributed by atoms with van der Waals surface area (Å²) in [5.41, 5.74) is 0. The van der Waals surface area contributed by atoms with Crippen LogP contribution in [0.3, 0.4) is 0 Å². The molecular weight excluding hydrogens is 534 g/mol. The Bertz CT molecular complexity index is 731. The molecule has 0 aromatic rings. The monoisotopic (exact) mass is 595 g/mol. The molecule has 9 heteroatoms. The second kappa shape index (κ2) is 28.7. The molecule has 0 bridgehead atoms. The van der Waals surface area contributed by atoms with Gasteiger partial charge in [-0.15, -0.1) is 0 Å². The first-order valence-corrected chi connectivity index (χ1v) is 16.6. The van der Waals surface area contributed by atoms with Crippen LogP contribution in [0.1, 0.15) is 148 Å². The fourth-order valence-electron chi connectivity index (χ4n) is 4.97. The molecule has 0 fully saturated rings. The quantitative estimate of drug-likeness (QED) is 0.0349. The van der Waals surface area contributed by atoms with Crippen LogP contribution in [0.2, 0.25) is 0 Å². The van der Waals surface area contributed by atoms with Gasteiger partial charge in [-0.3, -0.25) is 9.59 Å². The second-order valence-electron chi connectivity index (χ2n) is 11.6. The van der Waals surface area contributed by atoms with E-state index in [1.807, 2.05) is 0 Å². The number of aliphatic hydroxyl groups excluding tert-OH is 1. The molecule has 0 aliphatic rings. The molecule has 0 aliphatic heterocycles. The van der Waals surface area contributed by atoms with Gasteiger partial charge < -0.3 is 31.0 Å². The van der Waals surface area contributed by atoms with Crippen LogP contribution in [0.25, 0.3) is 0 Å². The molecule has 0 aromatic heterocycles. The summed E-state index contributed by atoms with van der Waals surface area (Å²) < 4.78 is 0. The molecule has 0 heterocycles. The van der Waals surface area contributed by atoms with Crippen LogP contribution in [-0.4, -0.2) is 60.0 Å². The topological polar surface area (TPSA) is 145 Å². The summed E-state index contributed by atoms with van der Waals surface area (Å²) in [6, 6.07) is -1.23. The van der Waals surface area contributed by atoms with Crippen molar-refractivity contribution in [3.63, 3.8) is 0 Å². The lowest BCUT2D eigenvalue weighted by Gasteiger charge is -2.14. The number of carbonyl (C=O) groups is 4. The highest BCUT2D eigenvalue weighted by atomic mass is 16.4. The minimum Gasteiger partial charge on any atom is -0.513 e. The van der Waals surface area contributed by atoms with Crippen LogP contribution >= 0.6 is 0 Å². The Morgan fingerprint density at radius 3 is 1.55 bits per heavy atom. The van der Waals surface area contributed by atoms with Gasteiger partial charge in [0.2, 0.25) is 11.8 Å². The number of aliphatic hydroxyl groups is 1. The number of hydrogen-bond donors (Lipinski definition) is 5. The van der Waals surface area contributed by atoms with E-state index in [1.165, 1.54) is 77.0 Å². The maximum Gasteiger partial charge on any atom is 0.326 e. The summed E-state index contributed by atoms with van der Waals surface area (Å²) >= 11 is 0. The molecule has 2 atom stereocenters. The zero-order valence-corrected chi connectivity index (χ0v) is 26.4. The largest absolute Gasteiger partial charge is 0.513 e. The predicted molar refractivity (Wildman–Crippen MR) is 169 cm³/mol. The molecule has 244 valence electrons. The first-order valence-electron chi connectivity index (χ1n) is 16.6. The van der Waals surface area contributed by atoms with Crippen LogP contribution in [-0.2, 0) is 19.2 Å². The lowest BCUT2D eigenvalue weighted by Crippen LogP contribution is -2.41. The van der Waals surface area contributed by atoms with Crippen molar-refractivity contribution >= 4 is 24.1 Å². The number of hydrogen-bond acceptors (Lipinski definition) is 6. The fraction of sp³-hybridized carbons (Fsp3) is 0.818. The highest BCUT2D eigenvalue weighted by Gasteiger charge is 2.20. The number of allylic oxidation sites excluding steroid dienone is 1. The van der Waals surface area contributed by atoms with E-state index in [0.29, 0.717) is 25.1 Å². The molecule has 9 nitrogen and oxygen atoms in total. The second-order valence-corrected chi connectivity index (χ2v) is 11.6. The number of aliphatic carboxylic acids is 1. The predicted octanol–water partition coefficient (Wildman–Crippen LogP) is 6.50. The SMILES string of the molecule is C=C(O)CCCCCCCCCCCCCCCCCCC(=O)NC(CCC(=O)NCCCC[C@@H](C=O)NC)C(=O)O. The Kier molecular flexibility index (Phi) is 27.0. The van der Waals surface area contributed by atoms with Gasteiger partial charge in [0.05, 0.1) is 11.8 Å². The van der Waals surface area contributed by atoms with Gasteiger partial charge in [-0.1, -0.05) is 96.5 Å². The average molecular weight is 596 g/mol. The number of carboxylic acids is 1. The maximum atomic E-state index is 12.2. The standard InChI is InChI=1S/C33H61N3O6/c1-28(38)21-17-15-13-11-9-7-5-3-4-6-8-10-12-14-16-18-23-32(40)36-30(33(41)42)24-25-31(39)35-26-20-19-22-29(27-37)34-2/h27,29-30,34,38H,1,3-26H2,2H3,(H,35,39)(H,36,40)(H,41,42)/t29-,30?/m0/s1. The van der Waals surface area contributed by atoms with Gasteiger partial charge in [-0.25, -0.2) is 4.79 Å². The van der Waals surface area contributed by atoms with Crippen molar-refractivity contribution in [2.24, 2.45) is 0 Å². The Labute approximate surface area is 255 Å². The number of aldehydes is 1. The number of likely N-dealkylation sites (N-methyl/N-ethyl adjacent to an activating group) is 1. The Morgan fingerprint density at radius 1 is 0.643 bits per heavy atom.